The Morgan fingerprint density at radius 2 is 1.12 bits per heavy atom. The molecule has 0 heterocycles. The van der Waals surface area contributed by atoms with Crippen LogP contribution in [-0.2, 0) is 0 Å². The van der Waals surface area contributed by atoms with E-state index in [0.29, 0.717) is 0 Å². The first-order chi connectivity index (χ1) is 3.72. The van der Waals surface area contributed by atoms with Gasteiger partial charge in [0.1, 0.15) is 0 Å². The third-order valence-electron chi connectivity index (χ3n) is 0.529. The molecule has 0 aliphatic rings. The Morgan fingerprint density at radius 1 is 0.875 bits per heavy atom. The van der Waals surface area contributed by atoms with Crippen molar-refractivity contribution in [1.82, 2.24) is 0 Å². The fourth-order valence-corrected chi connectivity index (χ4v) is 1.85. The van der Waals surface area contributed by atoms with E-state index in [1.807, 2.05) is 0 Å². The minimum absolute atomic E-state index is 0.860. The lowest BCUT2D eigenvalue weighted by Crippen LogP contribution is -1.77. The van der Waals surface area contributed by atoms with Crippen molar-refractivity contribution in [2.75, 3.05) is 10.7 Å². The maximum absolute atomic E-state index is 3.36. The molecule has 8 heavy (non-hydrogen) atoms. The van der Waals surface area contributed by atoms with Crippen molar-refractivity contribution in [3.8, 4) is 0 Å². The first-order valence-electron chi connectivity index (χ1n) is 1.87. The van der Waals surface area contributed by atoms with Gasteiger partial charge in [0.2, 0.25) is 0 Å². The van der Waals surface area contributed by atoms with Crippen LogP contribution in [0.25, 0.3) is 0 Å². The molecule has 0 fully saturated rings. The van der Waals surface area contributed by atoms with Crippen molar-refractivity contribution in [1.29, 1.82) is 0 Å². The smallest absolute Gasteiger partial charge is 0.0357 e. The van der Waals surface area contributed by atoms with Crippen LogP contribution in [0, 0.1) is 0 Å². The summed E-state index contributed by atoms with van der Waals surface area (Å²) in [7, 11) is 0. The van der Waals surface area contributed by atoms with Gasteiger partial charge in [-0.1, -0.05) is 63.7 Å². The summed E-state index contributed by atoms with van der Waals surface area (Å²) in [5.41, 5.74) is 0. The number of allylic oxidation sites excluding steroid dienone is 2. The molecular weight excluding hydrogens is 368 g/mol. The molecule has 0 amide bonds. The molecule has 0 atom stereocenters. The number of halogens is 4. The first kappa shape index (κ1) is 9.66. The Labute approximate surface area is 82.6 Å². The monoisotopic (exact) mass is 368 g/mol. The van der Waals surface area contributed by atoms with Crippen molar-refractivity contribution in [2.45, 2.75) is 0 Å². The highest BCUT2D eigenvalue weighted by Gasteiger charge is 1.94. The maximum Gasteiger partial charge on any atom is 0.0357 e. The second-order valence-corrected chi connectivity index (χ2v) is 4.11. The SMILES string of the molecule is BrCC(Br)=C(Br)CBr. The summed E-state index contributed by atoms with van der Waals surface area (Å²) in [6, 6.07) is 0. The Kier molecular flexibility index (Phi) is 6.58. The Hall–Kier alpha value is 1.66. The molecule has 0 bridgehead atoms. The molecule has 0 aliphatic heterocycles. The summed E-state index contributed by atoms with van der Waals surface area (Å²) < 4.78 is 2.30. The number of rotatable bonds is 2. The minimum Gasteiger partial charge on any atom is -0.0870 e. The van der Waals surface area contributed by atoms with E-state index >= 15 is 0 Å². The zero-order valence-corrected chi connectivity index (χ0v) is 10.3. The Bertz CT molecular complexity index is 84.2. The van der Waals surface area contributed by atoms with E-state index in [1.54, 1.807) is 0 Å². The zero-order valence-electron chi connectivity index (χ0n) is 3.93. The highest BCUT2D eigenvalue weighted by atomic mass is 79.9. The molecule has 0 radical (unpaired) electrons. The van der Waals surface area contributed by atoms with Gasteiger partial charge in [0.05, 0.1) is 0 Å². The van der Waals surface area contributed by atoms with Crippen LogP contribution in [0.3, 0.4) is 0 Å². The Morgan fingerprint density at radius 3 is 1.25 bits per heavy atom. The molecule has 48 valence electrons. The highest BCUT2D eigenvalue weighted by Crippen LogP contribution is 2.20. The summed E-state index contributed by atoms with van der Waals surface area (Å²) in [5.74, 6) is 0. The van der Waals surface area contributed by atoms with E-state index in [4.69, 9.17) is 0 Å². The highest BCUT2D eigenvalue weighted by molar-refractivity contribution is 9.16. The van der Waals surface area contributed by atoms with Crippen molar-refractivity contribution < 1.29 is 0 Å². The number of alkyl halides is 2. The van der Waals surface area contributed by atoms with Crippen LogP contribution in [0.15, 0.2) is 8.96 Å². The van der Waals surface area contributed by atoms with Crippen molar-refractivity contribution >= 4 is 63.7 Å². The molecular formula is C4H4Br4. The average Bonchev–Trinajstić information content (AvgIpc) is 1.84. The maximum atomic E-state index is 3.36. The lowest BCUT2D eigenvalue weighted by Gasteiger charge is -1.93. The fraction of sp³-hybridized carbons (Fsp3) is 0.500. The second-order valence-electron chi connectivity index (χ2n) is 1.08. The molecule has 0 aromatic heterocycles. The topological polar surface area (TPSA) is 0 Å². The molecule has 0 rings (SSSR count). The summed E-state index contributed by atoms with van der Waals surface area (Å²) in [6.07, 6.45) is 0. The third kappa shape index (κ3) is 3.64. The van der Waals surface area contributed by atoms with E-state index in [9.17, 15) is 0 Å². The van der Waals surface area contributed by atoms with Gasteiger partial charge in [0.15, 0.2) is 0 Å². The average molecular weight is 372 g/mol. The van der Waals surface area contributed by atoms with Crippen LogP contribution in [0.5, 0.6) is 0 Å². The number of hydrogen-bond acceptors (Lipinski definition) is 0. The van der Waals surface area contributed by atoms with Crippen LogP contribution in [0.2, 0.25) is 0 Å². The van der Waals surface area contributed by atoms with Gasteiger partial charge in [-0.15, -0.1) is 0 Å². The van der Waals surface area contributed by atoms with E-state index in [2.05, 4.69) is 63.7 Å². The lowest BCUT2D eigenvalue weighted by atomic mass is 10.6. The van der Waals surface area contributed by atoms with Gasteiger partial charge in [-0.2, -0.15) is 0 Å². The van der Waals surface area contributed by atoms with Crippen molar-refractivity contribution in [2.24, 2.45) is 0 Å². The normalized spacial score (nSPS) is 13.5. The van der Waals surface area contributed by atoms with E-state index in [-0.39, 0.29) is 0 Å². The second kappa shape index (κ2) is 5.45. The van der Waals surface area contributed by atoms with Crippen molar-refractivity contribution in [3.05, 3.63) is 8.96 Å². The van der Waals surface area contributed by atoms with Crippen LogP contribution in [0.1, 0.15) is 0 Å². The predicted octanol–water partition coefficient (Wildman–Crippen LogP) is 3.78. The lowest BCUT2D eigenvalue weighted by molar-refractivity contribution is 1.64. The molecule has 0 saturated carbocycles. The molecule has 0 unspecified atom stereocenters. The quantitative estimate of drug-likeness (QED) is 0.648. The molecule has 0 aromatic carbocycles. The van der Waals surface area contributed by atoms with Crippen LogP contribution in [-0.4, -0.2) is 10.7 Å². The largest absolute Gasteiger partial charge is 0.0870 e. The van der Waals surface area contributed by atoms with Gasteiger partial charge in [-0.25, -0.2) is 0 Å². The fourth-order valence-electron chi connectivity index (χ4n) is 0.145. The van der Waals surface area contributed by atoms with Gasteiger partial charge in [-0.05, 0) is 0 Å². The number of hydrogen-bond donors (Lipinski definition) is 0. The Balaban J connectivity index is 3.83. The van der Waals surface area contributed by atoms with E-state index in [0.717, 1.165) is 19.6 Å². The van der Waals surface area contributed by atoms with Crippen LogP contribution >= 0.6 is 63.7 Å². The van der Waals surface area contributed by atoms with Crippen LogP contribution in [0.4, 0.5) is 0 Å². The summed E-state index contributed by atoms with van der Waals surface area (Å²) in [6.45, 7) is 0. The third-order valence-corrected chi connectivity index (χ3v) is 5.21. The van der Waals surface area contributed by atoms with E-state index < -0.39 is 0 Å². The predicted molar refractivity (Wildman–Crippen MR) is 52.5 cm³/mol. The molecule has 4 heteroatoms. The molecule has 0 spiro atoms. The summed E-state index contributed by atoms with van der Waals surface area (Å²) >= 11 is 13.3. The molecule has 0 N–H and O–H groups in total. The van der Waals surface area contributed by atoms with Gasteiger partial charge in [0, 0.05) is 19.6 Å². The van der Waals surface area contributed by atoms with E-state index in [1.165, 1.54) is 0 Å². The summed E-state index contributed by atoms with van der Waals surface area (Å²) in [4.78, 5) is 0. The summed E-state index contributed by atoms with van der Waals surface area (Å²) in [5, 5.41) is 1.72. The van der Waals surface area contributed by atoms with Gasteiger partial charge in [0.25, 0.3) is 0 Å². The zero-order chi connectivity index (χ0) is 6.57. The van der Waals surface area contributed by atoms with Gasteiger partial charge < -0.3 is 0 Å². The molecule has 0 saturated heterocycles. The molecule has 0 nitrogen and oxygen atoms in total. The van der Waals surface area contributed by atoms with Gasteiger partial charge >= 0.3 is 0 Å². The standard InChI is InChI=1S/C4H4Br4/c5-1-3(7)4(8)2-6/h1-2H2. The van der Waals surface area contributed by atoms with Crippen molar-refractivity contribution in [3.63, 3.8) is 0 Å². The first-order valence-corrected chi connectivity index (χ1v) is 5.70. The van der Waals surface area contributed by atoms with Gasteiger partial charge in [-0.3, -0.25) is 0 Å². The molecule has 0 aliphatic carbocycles. The minimum atomic E-state index is 0.860. The van der Waals surface area contributed by atoms with Crippen LogP contribution < -0.4 is 0 Å². The molecule has 0 aromatic rings.